The number of rotatable bonds is 13. The first-order valence-corrected chi connectivity index (χ1v) is 14.3. The zero-order valence-corrected chi connectivity index (χ0v) is 22.6. The van der Waals surface area contributed by atoms with Crippen molar-refractivity contribution in [2.24, 2.45) is 17.8 Å². The molecule has 10 atom stereocenters. The van der Waals surface area contributed by atoms with Crippen LogP contribution < -0.4 is 4.74 Å². The Morgan fingerprint density at radius 2 is 1.90 bits per heavy atom. The molecule has 1 aliphatic heterocycles. The van der Waals surface area contributed by atoms with E-state index in [0.717, 1.165) is 49.7 Å². The van der Waals surface area contributed by atoms with E-state index in [-0.39, 0.29) is 23.9 Å². The monoisotopic (exact) mass is 552 g/mol. The molecule has 39 heavy (non-hydrogen) atoms. The van der Waals surface area contributed by atoms with Crippen LogP contribution in [0.3, 0.4) is 0 Å². The Morgan fingerprint density at radius 3 is 2.62 bits per heavy atom. The van der Waals surface area contributed by atoms with Gasteiger partial charge in [-0.1, -0.05) is 38.3 Å². The maximum atomic E-state index is 11.1. The fourth-order valence-corrected chi connectivity index (χ4v) is 6.72. The summed E-state index contributed by atoms with van der Waals surface area (Å²) in [6.07, 6.45) is -0.0791. The van der Waals surface area contributed by atoms with Gasteiger partial charge < -0.3 is 44.8 Å². The van der Waals surface area contributed by atoms with Crippen molar-refractivity contribution in [3.8, 4) is 5.75 Å². The van der Waals surface area contributed by atoms with Crippen molar-refractivity contribution < 1.29 is 49.6 Å². The third kappa shape index (κ3) is 7.11. The lowest BCUT2D eigenvalue weighted by Crippen LogP contribution is -2.59. The summed E-state index contributed by atoms with van der Waals surface area (Å²) in [5, 5.41) is 60.4. The van der Waals surface area contributed by atoms with E-state index in [9.17, 15) is 30.3 Å². The molecule has 2 fully saturated rings. The molecule has 6 N–H and O–H groups in total. The van der Waals surface area contributed by atoms with Crippen molar-refractivity contribution in [3.05, 3.63) is 29.3 Å². The molecule has 0 aromatic heterocycles. The summed E-state index contributed by atoms with van der Waals surface area (Å²) < 4.78 is 17.6. The minimum atomic E-state index is -1.51. The van der Waals surface area contributed by atoms with Crippen molar-refractivity contribution in [1.29, 1.82) is 0 Å². The second-order valence-electron chi connectivity index (χ2n) is 11.4. The number of carboxylic acid groups (broad SMARTS) is 1. The second kappa shape index (κ2) is 13.7. The van der Waals surface area contributed by atoms with E-state index in [1.807, 2.05) is 12.1 Å². The van der Waals surface area contributed by atoms with Gasteiger partial charge in [0.2, 0.25) is 0 Å². The van der Waals surface area contributed by atoms with Crippen LogP contribution in [0.4, 0.5) is 0 Å². The number of fused-ring (bicyclic) bond motifs is 2. The van der Waals surface area contributed by atoms with E-state index in [4.69, 9.17) is 19.3 Å². The molecule has 0 amide bonds. The third-order valence-corrected chi connectivity index (χ3v) is 8.80. The predicted molar refractivity (Wildman–Crippen MR) is 140 cm³/mol. The highest BCUT2D eigenvalue weighted by Crippen LogP contribution is 2.50. The number of hydrogen-bond acceptors (Lipinski definition) is 9. The van der Waals surface area contributed by atoms with Crippen molar-refractivity contribution >= 4 is 5.97 Å². The number of aliphatic carboxylic acids is 1. The first-order chi connectivity index (χ1) is 18.7. The van der Waals surface area contributed by atoms with Gasteiger partial charge in [-0.15, -0.1) is 0 Å². The van der Waals surface area contributed by atoms with E-state index in [1.165, 1.54) is 0 Å². The molecule has 2 aliphatic carbocycles. The van der Waals surface area contributed by atoms with Crippen molar-refractivity contribution in [2.75, 3.05) is 13.2 Å². The smallest absolute Gasteiger partial charge is 0.341 e. The highest BCUT2D eigenvalue weighted by atomic mass is 16.7. The topological polar surface area (TPSA) is 166 Å². The Kier molecular flexibility index (Phi) is 10.6. The summed E-state index contributed by atoms with van der Waals surface area (Å²) >= 11 is 0. The summed E-state index contributed by atoms with van der Waals surface area (Å²) in [7, 11) is 0. The average Bonchev–Trinajstić information content (AvgIpc) is 3.25. The summed E-state index contributed by atoms with van der Waals surface area (Å²) in [5.41, 5.74) is 2.12. The molecule has 1 aromatic rings. The van der Waals surface area contributed by atoms with Crippen LogP contribution in [-0.2, 0) is 27.1 Å². The van der Waals surface area contributed by atoms with E-state index in [1.54, 1.807) is 6.07 Å². The largest absolute Gasteiger partial charge is 0.482 e. The lowest BCUT2D eigenvalue weighted by atomic mass is 9.73. The molecule has 10 heteroatoms. The molecule has 4 rings (SSSR count). The van der Waals surface area contributed by atoms with Crippen molar-refractivity contribution in [1.82, 2.24) is 0 Å². The highest BCUT2D eigenvalue weighted by molar-refractivity contribution is 5.68. The van der Waals surface area contributed by atoms with E-state index in [0.29, 0.717) is 25.0 Å². The average molecular weight is 553 g/mol. The van der Waals surface area contributed by atoms with Crippen LogP contribution in [0.25, 0.3) is 0 Å². The van der Waals surface area contributed by atoms with Gasteiger partial charge in [-0.3, -0.25) is 0 Å². The maximum Gasteiger partial charge on any atom is 0.341 e. The van der Waals surface area contributed by atoms with Crippen LogP contribution in [0.2, 0.25) is 0 Å². The molecular formula is C29H44O10. The Bertz CT molecular complexity index is 939. The Morgan fingerprint density at radius 1 is 1.10 bits per heavy atom. The fourth-order valence-electron chi connectivity index (χ4n) is 6.72. The summed E-state index contributed by atoms with van der Waals surface area (Å²) in [5.74, 6) is 0.0522. The second-order valence-corrected chi connectivity index (χ2v) is 11.4. The minimum Gasteiger partial charge on any atom is -0.482 e. The van der Waals surface area contributed by atoms with Gasteiger partial charge in [0.05, 0.1) is 18.8 Å². The van der Waals surface area contributed by atoms with Crippen LogP contribution in [0, 0.1) is 17.8 Å². The number of hydrogen-bond donors (Lipinski definition) is 6. The standard InChI is InChI=1S/C29H44O10/c1-2-3-4-7-18(31)9-10-19-20-11-16-6-5-8-22(37-15-25(32)33)21(16)12-17(20)13-23(19)38-29-28(36)27(35)26(34)24(14-30)39-29/h5-6,8,17-20,23-24,26-31,34-36H,2-4,7,9-15H2,1H3,(H,32,33)/t17-,18-,19+,20-,23+,24-,26-,27+,28-,29-/m1/s1. The number of carboxylic acids is 1. The van der Waals surface area contributed by atoms with Gasteiger partial charge >= 0.3 is 5.97 Å². The minimum absolute atomic E-state index is 0.0555. The molecular weight excluding hydrogens is 508 g/mol. The normalized spacial score (nSPS) is 34.8. The molecule has 1 aromatic carbocycles. The zero-order valence-electron chi connectivity index (χ0n) is 22.6. The first-order valence-electron chi connectivity index (χ1n) is 14.3. The third-order valence-electron chi connectivity index (χ3n) is 8.80. The number of unbranched alkanes of at least 4 members (excludes halogenated alkanes) is 2. The Balaban J connectivity index is 1.51. The summed E-state index contributed by atoms with van der Waals surface area (Å²) in [6, 6.07) is 5.71. The van der Waals surface area contributed by atoms with Crippen molar-refractivity contribution in [2.45, 2.75) is 108 Å². The summed E-state index contributed by atoms with van der Waals surface area (Å²) in [4.78, 5) is 11.1. The molecule has 1 saturated carbocycles. The number of benzene rings is 1. The van der Waals surface area contributed by atoms with Crippen molar-refractivity contribution in [3.63, 3.8) is 0 Å². The lowest BCUT2D eigenvalue weighted by molar-refractivity contribution is -0.314. The van der Waals surface area contributed by atoms with Crippen LogP contribution >= 0.6 is 0 Å². The molecule has 0 radical (unpaired) electrons. The number of carbonyl (C=O) groups is 1. The molecule has 1 saturated heterocycles. The molecule has 1 heterocycles. The molecule has 0 spiro atoms. The predicted octanol–water partition coefficient (Wildman–Crippen LogP) is 1.41. The molecule has 3 aliphatic rings. The molecule has 220 valence electrons. The molecule has 0 bridgehead atoms. The van der Waals surface area contributed by atoms with Crippen LogP contribution in [-0.4, -0.2) is 92.7 Å². The number of ether oxygens (including phenoxy) is 3. The Labute approximate surface area is 229 Å². The Hall–Kier alpha value is -1.79. The van der Waals surface area contributed by atoms with Gasteiger partial charge in [-0.05, 0) is 73.5 Å². The zero-order chi connectivity index (χ0) is 28.1. The first kappa shape index (κ1) is 30.2. The number of aliphatic hydroxyl groups is 5. The van der Waals surface area contributed by atoms with Gasteiger partial charge in [0, 0.05) is 0 Å². The quantitative estimate of drug-likeness (QED) is 0.197. The van der Waals surface area contributed by atoms with Gasteiger partial charge in [-0.2, -0.15) is 0 Å². The van der Waals surface area contributed by atoms with Gasteiger partial charge in [0.15, 0.2) is 12.9 Å². The lowest BCUT2D eigenvalue weighted by Gasteiger charge is -2.41. The van der Waals surface area contributed by atoms with E-state index in [2.05, 4.69) is 6.92 Å². The fraction of sp³-hybridized carbons (Fsp3) is 0.759. The highest BCUT2D eigenvalue weighted by Gasteiger charge is 2.50. The molecule has 10 nitrogen and oxygen atoms in total. The number of aliphatic hydroxyl groups excluding tert-OH is 5. The summed E-state index contributed by atoms with van der Waals surface area (Å²) in [6.45, 7) is 1.19. The van der Waals surface area contributed by atoms with Crippen LogP contribution in [0.15, 0.2) is 18.2 Å². The maximum absolute atomic E-state index is 11.1. The van der Waals surface area contributed by atoms with Crippen LogP contribution in [0.5, 0.6) is 5.75 Å². The van der Waals surface area contributed by atoms with E-state index < -0.39 is 56.0 Å². The van der Waals surface area contributed by atoms with E-state index >= 15 is 0 Å². The SMILES string of the molecule is CCCCC[C@@H](O)CC[C@H]1[C@@H]2Cc3cccc(OCC(=O)O)c3C[C@@H]2C[C@@H]1O[C@@H]1O[C@H](CO)[C@@H](O)[C@H](O)[C@H]1O. The van der Waals surface area contributed by atoms with Gasteiger partial charge in [-0.25, -0.2) is 4.79 Å². The van der Waals surface area contributed by atoms with Gasteiger partial charge in [0.1, 0.15) is 30.2 Å². The molecule has 0 unspecified atom stereocenters. The van der Waals surface area contributed by atoms with Gasteiger partial charge in [0.25, 0.3) is 0 Å². The van der Waals surface area contributed by atoms with Crippen LogP contribution in [0.1, 0.15) is 63.0 Å².